The van der Waals surface area contributed by atoms with Crippen molar-refractivity contribution in [1.29, 1.82) is 0 Å². The van der Waals surface area contributed by atoms with Gasteiger partial charge in [0.2, 0.25) is 0 Å². The summed E-state index contributed by atoms with van der Waals surface area (Å²) in [5.41, 5.74) is 1.20. The van der Waals surface area contributed by atoms with Crippen molar-refractivity contribution in [2.24, 2.45) is 0 Å². The summed E-state index contributed by atoms with van der Waals surface area (Å²) in [6.07, 6.45) is 3.65. The molecule has 4 heteroatoms. The van der Waals surface area contributed by atoms with Crippen LogP contribution < -0.4 is 14.8 Å². The quantitative estimate of drug-likeness (QED) is 0.794. The van der Waals surface area contributed by atoms with Gasteiger partial charge in [-0.2, -0.15) is 0 Å². The Balaban J connectivity index is 1.90. The van der Waals surface area contributed by atoms with Crippen LogP contribution in [0.5, 0.6) is 11.5 Å². The van der Waals surface area contributed by atoms with E-state index in [-0.39, 0.29) is 0 Å². The van der Waals surface area contributed by atoms with Crippen LogP contribution in [0, 0.1) is 0 Å². The smallest absolute Gasteiger partial charge is 0.161 e. The summed E-state index contributed by atoms with van der Waals surface area (Å²) in [5.74, 6) is 1.65. The molecule has 1 fully saturated rings. The molecule has 1 N–H and O–H groups in total. The van der Waals surface area contributed by atoms with Gasteiger partial charge in [0.15, 0.2) is 11.5 Å². The minimum absolute atomic E-state index is 0.370. The Morgan fingerprint density at radius 1 is 1.30 bits per heavy atom. The lowest BCUT2D eigenvalue weighted by atomic mass is 10.2. The predicted octanol–water partition coefficient (Wildman–Crippen LogP) is 2.75. The highest BCUT2D eigenvalue weighted by atomic mass is 16.5. The third-order valence-corrected chi connectivity index (χ3v) is 3.41. The monoisotopic (exact) mass is 279 g/mol. The predicted molar refractivity (Wildman–Crippen MR) is 79.5 cm³/mol. The van der Waals surface area contributed by atoms with E-state index in [2.05, 4.69) is 11.4 Å². The molecular formula is C16H25NO3. The number of rotatable bonds is 8. The fraction of sp³-hybridized carbons (Fsp3) is 0.625. The molecule has 1 aromatic carbocycles. The number of benzene rings is 1. The van der Waals surface area contributed by atoms with Crippen molar-refractivity contribution in [3.63, 3.8) is 0 Å². The summed E-state index contributed by atoms with van der Waals surface area (Å²) in [6.45, 7) is 5.03. The molecular weight excluding hydrogens is 254 g/mol. The first kappa shape index (κ1) is 15.1. The van der Waals surface area contributed by atoms with Crippen molar-refractivity contribution >= 4 is 0 Å². The molecule has 1 heterocycles. The van der Waals surface area contributed by atoms with Crippen LogP contribution in [0.1, 0.15) is 31.7 Å². The molecule has 0 bridgehead atoms. The number of hydrogen-bond donors (Lipinski definition) is 1. The topological polar surface area (TPSA) is 39.7 Å². The summed E-state index contributed by atoms with van der Waals surface area (Å²) in [6, 6.07) is 6.11. The van der Waals surface area contributed by atoms with Crippen molar-refractivity contribution in [2.45, 2.75) is 38.8 Å². The van der Waals surface area contributed by atoms with Gasteiger partial charge in [0.05, 0.1) is 19.3 Å². The Labute approximate surface area is 121 Å². The molecule has 0 radical (unpaired) electrons. The maximum Gasteiger partial charge on any atom is 0.161 e. The zero-order valence-corrected chi connectivity index (χ0v) is 12.5. The zero-order valence-electron chi connectivity index (χ0n) is 12.5. The fourth-order valence-corrected chi connectivity index (χ4v) is 2.43. The summed E-state index contributed by atoms with van der Waals surface area (Å²) in [4.78, 5) is 0. The van der Waals surface area contributed by atoms with Crippen LogP contribution in [0.25, 0.3) is 0 Å². The van der Waals surface area contributed by atoms with Gasteiger partial charge in [0.1, 0.15) is 0 Å². The summed E-state index contributed by atoms with van der Waals surface area (Å²) < 4.78 is 17.1. The van der Waals surface area contributed by atoms with Gasteiger partial charge in [-0.3, -0.25) is 0 Å². The highest BCUT2D eigenvalue weighted by molar-refractivity contribution is 5.43. The first-order valence-corrected chi connectivity index (χ1v) is 7.48. The molecule has 1 saturated heterocycles. The summed E-state index contributed by atoms with van der Waals surface area (Å²) >= 11 is 0. The van der Waals surface area contributed by atoms with Crippen LogP contribution in [0.3, 0.4) is 0 Å². The van der Waals surface area contributed by atoms with Gasteiger partial charge in [-0.05, 0) is 44.5 Å². The van der Waals surface area contributed by atoms with Crippen LogP contribution >= 0.6 is 0 Å². The zero-order chi connectivity index (χ0) is 14.2. The van der Waals surface area contributed by atoms with E-state index in [1.165, 1.54) is 12.0 Å². The molecule has 4 nitrogen and oxygen atoms in total. The van der Waals surface area contributed by atoms with E-state index in [1.54, 1.807) is 0 Å². The molecule has 0 amide bonds. The highest BCUT2D eigenvalue weighted by Crippen LogP contribution is 2.29. The van der Waals surface area contributed by atoms with Crippen molar-refractivity contribution < 1.29 is 14.2 Å². The molecule has 0 aromatic heterocycles. The first-order valence-electron chi connectivity index (χ1n) is 7.48. The molecule has 1 atom stereocenters. The third-order valence-electron chi connectivity index (χ3n) is 3.41. The van der Waals surface area contributed by atoms with E-state index in [1.807, 2.05) is 26.1 Å². The number of hydrogen-bond acceptors (Lipinski definition) is 4. The van der Waals surface area contributed by atoms with Crippen LogP contribution in [-0.4, -0.2) is 33.0 Å². The highest BCUT2D eigenvalue weighted by Gasteiger charge is 2.15. The SMILES string of the molecule is CCOc1cc(CNC)ccc1OCCC1CCCO1. The van der Waals surface area contributed by atoms with Crippen LogP contribution in [0.2, 0.25) is 0 Å². The fourth-order valence-electron chi connectivity index (χ4n) is 2.43. The maximum absolute atomic E-state index is 5.86. The van der Waals surface area contributed by atoms with Crippen LogP contribution in [0.15, 0.2) is 18.2 Å². The van der Waals surface area contributed by atoms with Gasteiger partial charge < -0.3 is 19.5 Å². The van der Waals surface area contributed by atoms with E-state index in [9.17, 15) is 0 Å². The minimum atomic E-state index is 0.370. The molecule has 0 aliphatic carbocycles. The van der Waals surface area contributed by atoms with Gasteiger partial charge >= 0.3 is 0 Å². The lowest BCUT2D eigenvalue weighted by molar-refractivity contribution is 0.0897. The Hall–Kier alpha value is -1.26. The second kappa shape index (κ2) is 8.12. The second-order valence-corrected chi connectivity index (χ2v) is 5.02. The van der Waals surface area contributed by atoms with E-state index in [0.29, 0.717) is 19.3 Å². The van der Waals surface area contributed by atoms with Crippen molar-refractivity contribution in [3.8, 4) is 11.5 Å². The van der Waals surface area contributed by atoms with E-state index >= 15 is 0 Å². The van der Waals surface area contributed by atoms with Crippen molar-refractivity contribution in [2.75, 3.05) is 26.9 Å². The van der Waals surface area contributed by atoms with E-state index in [0.717, 1.165) is 37.5 Å². The Morgan fingerprint density at radius 2 is 2.20 bits per heavy atom. The van der Waals surface area contributed by atoms with Gasteiger partial charge in [0.25, 0.3) is 0 Å². The molecule has 0 saturated carbocycles. The van der Waals surface area contributed by atoms with Gasteiger partial charge in [-0.15, -0.1) is 0 Å². The molecule has 0 spiro atoms. The molecule has 112 valence electrons. The Morgan fingerprint density at radius 3 is 2.90 bits per heavy atom. The van der Waals surface area contributed by atoms with Crippen molar-refractivity contribution in [3.05, 3.63) is 23.8 Å². The normalized spacial score (nSPS) is 18.2. The minimum Gasteiger partial charge on any atom is -0.490 e. The van der Waals surface area contributed by atoms with Gasteiger partial charge in [0, 0.05) is 19.6 Å². The lowest BCUT2D eigenvalue weighted by Gasteiger charge is -2.15. The largest absolute Gasteiger partial charge is 0.490 e. The van der Waals surface area contributed by atoms with Gasteiger partial charge in [-0.25, -0.2) is 0 Å². The standard InChI is InChI=1S/C16H25NO3/c1-3-18-16-11-13(12-17-2)6-7-15(16)20-10-8-14-5-4-9-19-14/h6-7,11,14,17H,3-5,8-10,12H2,1-2H3. The molecule has 1 unspecified atom stereocenters. The third kappa shape index (κ3) is 4.39. The first-order chi connectivity index (χ1) is 9.83. The van der Waals surface area contributed by atoms with E-state index < -0.39 is 0 Å². The van der Waals surface area contributed by atoms with Crippen molar-refractivity contribution in [1.82, 2.24) is 5.32 Å². The molecule has 1 aliphatic rings. The lowest BCUT2D eigenvalue weighted by Crippen LogP contribution is -2.11. The summed E-state index contributed by atoms with van der Waals surface area (Å²) in [5, 5.41) is 3.14. The average molecular weight is 279 g/mol. The second-order valence-electron chi connectivity index (χ2n) is 5.02. The number of nitrogens with one attached hydrogen (secondary N) is 1. The molecule has 1 aliphatic heterocycles. The Kier molecular flexibility index (Phi) is 6.15. The van der Waals surface area contributed by atoms with Crippen LogP contribution in [0.4, 0.5) is 0 Å². The van der Waals surface area contributed by atoms with Gasteiger partial charge in [-0.1, -0.05) is 6.07 Å². The molecule has 20 heavy (non-hydrogen) atoms. The Bertz CT molecular complexity index is 403. The maximum atomic E-state index is 5.86. The molecule has 2 rings (SSSR count). The number of ether oxygens (including phenoxy) is 3. The summed E-state index contributed by atoms with van der Waals surface area (Å²) in [7, 11) is 1.94. The molecule has 1 aromatic rings. The van der Waals surface area contributed by atoms with Crippen LogP contribution in [-0.2, 0) is 11.3 Å². The van der Waals surface area contributed by atoms with E-state index in [4.69, 9.17) is 14.2 Å². The average Bonchev–Trinajstić information content (AvgIpc) is 2.95.